The lowest BCUT2D eigenvalue weighted by atomic mass is 10.1. The third-order valence-electron chi connectivity index (χ3n) is 3.82. The van der Waals surface area contributed by atoms with Gasteiger partial charge in [-0.05, 0) is 31.5 Å². The van der Waals surface area contributed by atoms with Crippen LogP contribution in [0.5, 0.6) is 0 Å². The van der Waals surface area contributed by atoms with E-state index < -0.39 is 0 Å². The van der Waals surface area contributed by atoms with E-state index in [0.717, 1.165) is 29.9 Å². The van der Waals surface area contributed by atoms with Crippen LogP contribution in [0.1, 0.15) is 31.9 Å². The summed E-state index contributed by atoms with van der Waals surface area (Å²) in [6, 6.07) is 7.84. The summed E-state index contributed by atoms with van der Waals surface area (Å²) in [4.78, 5) is 16.0. The Kier molecular flexibility index (Phi) is 4.36. The lowest BCUT2D eigenvalue weighted by Gasteiger charge is -2.18. The van der Waals surface area contributed by atoms with E-state index >= 15 is 0 Å². The van der Waals surface area contributed by atoms with Crippen molar-refractivity contribution in [1.82, 2.24) is 25.1 Å². The standard InChI is InChI=1S/C16H20N6O/c1-12-7-8-21(20-12)9-16(23)19-13(2)14-3-5-15(6-4-14)22-11-17-10-18-22/h3-6,10-11,13H,7-9H2,1-2H3,(H,19,23). The van der Waals surface area contributed by atoms with E-state index in [4.69, 9.17) is 0 Å². The number of hydrogen-bond donors (Lipinski definition) is 1. The Hall–Kier alpha value is -2.70. The summed E-state index contributed by atoms with van der Waals surface area (Å²) >= 11 is 0. The number of rotatable bonds is 5. The molecule has 120 valence electrons. The smallest absolute Gasteiger partial charge is 0.241 e. The quantitative estimate of drug-likeness (QED) is 0.908. The van der Waals surface area contributed by atoms with Crippen LogP contribution >= 0.6 is 0 Å². The topological polar surface area (TPSA) is 75.4 Å². The van der Waals surface area contributed by atoms with Gasteiger partial charge >= 0.3 is 0 Å². The molecule has 1 unspecified atom stereocenters. The number of amides is 1. The van der Waals surface area contributed by atoms with Crippen LogP contribution in [-0.2, 0) is 4.79 Å². The highest BCUT2D eigenvalue weighted by atomic mass is 16.2. The Morgan fingerprint density at radius 1 is 1.35 bits per heavy atom. The van der Waals surface area contributed by atoms with Crippen LogP contribution in [0.4, 0.5) is 0 Å². The molecule has 0 fully saturated rings. The SMILES string of the molecule is CC1=NN(CC(=O)NC(C)c2ccc(-n3cncn3)cc2)CC1. The molecule has 1 aromatic carbocycles. The van der Waals surface area contributed by atoms with Gasteiger partial charge in [-0.2, -0.15) is 10.2 Å². The van der Waals surface area contributed by atoms with Gasteiger partial charge in [-0.25, -0.2) is 9.67 Å². The monoisotopic (exact) mass is 312 g/mol. The number of hydrogen-bond acceptors (Lipinski definition) is 5. The molecule has 1 amide bonds. The average molecular weight is 312 g/mol. The second-order valence-corrected chi connectivity index (χ2v) is 5.69. The maximum Gasteiger partial charge on any atom is 0.241 e. The minimum Gasteiger partial charge on any atom is -0.348 e. The first kappa shape index (κ1) is 15.2. The molecule has 1 atom stereocenters. The fraction of sp³-hybridized carbons (Fsp3) is 0.375. The molecule has 0 saturated heterocycles. The lowest BCUT2D eigenvalue weighted by molar-refractivity contribution is -0.122. The summed E-state index contributed by atoms with van der Waals surface area (Å²) < 4.78 is 1.70. The third-order valence-corrected chi connectivity index (χ3v) is 3.82. The zero-order valence-corrected chi connectivity index (χ0v) is 13.3. The largest absolute Gasteiger partial charge is 0.348 e. The van der Waals surface area contributed by atoms with E-state index in [0.29, 0.717) is 6.54 Å². The number of carbonyl (C=O) groups is 1. The van der Waals surface area contributed by atoms with Gasteiger partial charge < -0.3 is 5.32 Å². The van der Waals surface area contributed by atoms with Crippen LogP contribution in [0.25, 0.3) is 5.69 Å². The number of hydrazone groups is 1. The summed E-state index contributed by atoms with van der Waals surface area (Å²) in [5.41, 5.74) is 3.06. The molecule has 0 saturated carbocycles. The van der Waals surface area contributed by atoms with E-state index in [1.807, 2.05) is 43.1 Å². The van der Waals surface area contributed by atoms with Crippen LogP contribution in [0.2, 0.25) is 0 Å². The first-order chi connectivity index (χ1) is 11.1. The molecule has 1 N–H and O–H groups in total. The molecule has 2 aromatic rings. The van der Waals surface area contributed by atoms with Gasteiger partial charge in [-0.1, -0.05) is 12.1 Å². The molecule has 1 aromatic heterocycles. The summed E-state index contributed by atoms with van der Waals surface area (Å²) in [6.45, 7) is 5.08. The van der Waals surface area contributed by atoms with E-state index in [9.17, 15) is 4.79 Å². The molecule has 0 bridgehead atoms. The van der Waals surface area contributed by atoms with Crippen molar-refractivity contribution >= 4 is 11.6 Å². The van der Waals surface area contributed by atoms with Crippen LogP contribution < -0.4 is 5.32 Å². The van der Waals surface area contributed by atoms with Crippen molar-refractivity contribution in [3.8, 4) is 5.69 Å². The zero-order valence-electron chi connectivity index (χ0n) is 13.3. The highest BCUT2D eigenvalue weighted by molar-refractivity contribution is 5.84. The molecule has 3 rings (SSSR count). The second-order valence-electron chi connectivity index (χ2n) is 5.69. The molecule has 0 radical (unpaired) electrons. The first-order valence-electron chi connectivity index (χ1n) is 7.65. The summed E-state index contributed by atoms with van der Waals surface area (Å²) in [7, 11) is 0. The molecular formula is C16H20N6O. The lowest BCUT2D eigenvalue weighted by Crippen LogP contribution is -2.35. The molecule has 0 spiro atoms. The molecule has 1 aliphatic rings. The van der Waals surface area contributed by atoms with Gasteiger partial charge in [0.25, 0.3) is 0 Å². The zero-order chi connectivity index (χ0) is 16.2. The van der Waals surface area contributed by atoms with E-state index in [1.54, 1.807) is 11.0 Å². The van der Waals surface area contributed by atoms with Crippen molar-refractivity contribution in [2.24, 2.45) is 5.10 Å². The van der Waals surface area contributed by atoms with Crippen molar-refractivity contribution in [1.29, 1.82) is 0 Å². The Bertz CT molecular complexity index is 692. The molecular weight excluding hydrogens is 292 g/mol. The fourth-order valence-corrected chi connectivity index (χ4v) is 2.54. The van der Waals surface area contributed by atoms with E-state index in [-0.39, 0.29) is 11.9 Å². The summed E-state index contributed by atoms with van der Waals surface area (Å²) in [5.74, 6) is -0.0173. The molecule has 2 heterocycles. The van der Waals surface area contributed by atoms with E-state index in [1.165, 1.54) is 6.33 Å². The van der Waals surface area contributed by atoms with Crippen molar-refractivity contribution in [2.45, 2.75) is 26.3 Å². The minimum atomic E-state index is -0.0556. The van der Waals surface area contributed by atoms with Crippen LogP contribution in [0.15, 0.2) is 42.0 Å². The highest BCUT2D eigenvalue weighted by Crippen LogP contribution is 2.15. The van der Waals surface area contributed by atoms with Gasteiger partial charge in [0, 0.05) is 18.7 Å². The van der Waals surface area contributed by atoms with Crippen LogP contribution in [0.3, 0.4) is 0 Å². The average Bonchev–Trinajstić information content (AvgIpc) is 3.19. The van der Waals surface area contributed by atoms with Crippen molar-refractivity contribution in [3.05, 3.63) is 42.5 Å². The second kappa shape index (κ2) is 6.60. The van der Waals surface area contributed by atoms with E-state index in [2.05, 4.69) is 20.5 Å². The minimum absolute atomic E-state index is 0.0173. The predicted molar refractivity (Wildman–Crippen MR) is 87.2 cm³/mol. The Labute approximate surface area is 135 Å². The Morgan fingerprint density at radius 2 is 2.13 bits per heavy atom. The van der Waals surface area contributed by atoms with Crippen LogP contribution in [0, 0.1) is 0 Å². The normalized spacial score (nSPS) is 15.4. The maximum absolute atomic E-state index is 12.1. The Morgan fingerprint density at radius 3 is 2.74 bits per heavy atom. The predicted octanol–water partition coefficient (Wildman–Crippen LogP) is 1.53. The van der Waals surface area contributed by atoms with Gasteiger partial charge in [-0.3, -0.25) is 9.80 Å². The highest BCUT2D eigenvalue weighted by Gasteiger charge is 2.16. The maximum atomic E-state index is 12.1. The number of aromatic nitrogens is 3. The number of nitrogens with zero attached hydrogens (tertiary/aromatic N) is 5. The fourth-order valence-electron chi connectivity index (χ4n) is 2.54. The first-order valence-corrected chi connectivity index (χ1v) is 7.65. The van der Waals surface area contributed by atoms with Gasteiger partial charge in [0.1, 0.15) is 19.2 Å². The summed E-state index contributed by atoms with van der Waals surface area (Å²) in [6.07, 6.45) is 4.09. The molecule has 23 heavy (non-hydrogen) atoms. The number of nitrogens with one attached hydrogen (secondary N) is 1. The Balaban J connectivity index is 1.57. The molecule has 7 nitrogen and oxygen atoms in total. The number of carbonyl (C=O) groups excluding carboxylic acids is 1. The van der Waals surface area contributed by atoms with Crippen molar-refractivity contribution in [3.63, 3.8) is 0 Å². The third kappa shape index (κ3) is 3.74. The summed E-state index contributed by atoms with van der Waals surface area (Å²) in [5, 5.41) is 13.2. The molecule has 1 aliphatic heterocycles. The van der Waals surface area contributed by atoms with Crippen molar-refractivity contribution in [2.75, 3.05) is 13.1 Å². The number of benzene rings is 1. The van der Waals surface area contributed by atoms with Gasteiger partial charge in [-0.15, -0.1) is 0 Å². The van der Waals surface area contributed by atoms with Crippen LogP contribution in [-0.4, -0.2) is 44.5 Å². The van der Waals surface area contributed by atoms with Crippen molar-refractivity contribution < 1.29 is 4.79 Å². The van der Waals surface area contributed by atoms with Gasteiger partial charge in [0.05, 0.1) is 11.7 Å². The molecule has 7 heteroatoms. The van der Waals surface area contributed by atoms with Gasteiger partial charge in [0.2, 0.25) is 5.91 Å². The molecule has 0 aliphatic carbocycles. The van der Waals surface area contributed by atoms with Gasteiger partial charge in [0.15, 0.2) is 0 Å².